The number of carbonyl (C=O) groups excluding carboxylic acids is 2. The van der Waals surface area contributed by atoms with E-state index < -0.39 is 29.7 Å². The van der Waals surface area contributed by atoms with Gasteiger partial charge in [-0.05, 0) is 37.0 Å². The molecule has 2 unspecified atom stereocenters. The summed E-state index contributed by atoms with van der Waals surface area (Å²) in [7, 11) is 0. The highest BCUT2D eigenvalue weighted by molar-refractivity contribution is 6.30. The molecule has 0 radical (unpaired) electrons. The third kappa shape index (κ3) is 4.94. The van der Waals surface area contributed by atoms with E-state index in [0.29, 0.717) is 25.8 Å². The van der Waals surface area contributed by atoms with Crippen molar-refractivity contribution in [3.63, 3.8) is 0 Å². The molecule has 2 atom stereocenters. The smallest absolute Gasteiger partial charge is 0.330 e. The molecule has 2 N–H and O–H groups in total. The highest BCUT2D eigenvalue weighted by Gasteiger charge is 2.31. The van der Waals surface area contributed by atoms with E-state index in [0.717, 1.165) is 12.5 Å². The van der Waals surface area contributed by atoms with E-state index in [9.17, 15) is 23.9 Å². The minimum Gasteiger partial charge on any atom is -0.479 e. The molecule has 0 spiro atoms. The molecule has 1 fully saturated rings. The zero-order valence-corrected chi connectivity index (χ0v) is 15.3. The van der Waals surface area contributed by atoms with Gasteiger partial charge in [0.2, 0.25) is 11.8 Å². The van der Waals surface area contributed by atoms with Crippen LogP contribution in [0.2, 0.25) is 5.02 Å². The molecule has 2 rings (SSSR count). The molecule has 1 aromatic carbocycles. The van der Waals surface area contributed by atoms with Crippen LogP contribution < -0.4 is 5.32 Å². The van der Waals surface area contributed by atoms with Crippen molar-refractivity contribution in [3.05, 3.63) is 34.6 Å². The zero-order chi connectivity index (χ0) is 19.3. The van der Waals surface area contributed by atoms with E-state index in [1.165, 1.54) is 12.1 Å². The van der Waals surface area contributed by atoms with E-state index in [-0.39, 0.29) is 23.0 Å². The van der Waals surface area contributed by atoms with Crippen molar-refractivity contribution in [2.45, 2.75) is 38.6 Å². The van der Waals surface area contributed by atoms with E-state index in [1.54, 1.807) is 4.90 Å². The molecule has 1 aliphatic heterocycles. The molecular formula is C18H22ClFN2O4. The van der Waals surface area contributed by atoms with Crippen LogP contribution >= 0.6 is 11.6 Å². The number of hydrogen-bond donors (Lipinski definition) is 2. The number of rotatable bonds is 6. The third-order valence-electron chi connectivity index (χ3n) is 4.42. The number of carbonyl (C=O) groups is 3. The second-order valence-corrected chi connectivity index (χ2v) is 6.79. The van der Waals surface area contributed by atoms with Gasteiger partial charge in [-0.3, -0.25) is 9.59 Å². The SMILES string of the molecule is CCCC(=O)N1CCCC(C(=O)NC(C(=O)O)c2ccc(Cl)c(F)c2)C1. The average molecular weight is 385 g/mol. The summed E-state index contributed by atoms with van der Waals surface area (Å²) in [5.41, 5.74) is 0.0995. The number of benzene rings is 1. The lowest BCUT2D eigenvalue weighted by atomic mass is 9.95. The Bertz CT molecular complexity index is 698. The quantitative estimate of drug-likeness (QED) is 0.789. The number of nitrogens with one attached hydrogen (secondary N) is 1. The fourth-order valence-electron chi connectivity index (χ4n) is 3.03. The summed E-state index contributed by atoms with van der Waals surface area (Å²) >= 11 is 5.62. The minimum atomic E-state index is -1.38. The monoisotopic (exact) mass is 384 g/mol. The minimum absolute atomic E-state index is 0.000410. The zero-order valence-electron chi connectivity index (χ0n) is 14.5. The number of hydrogen-bond acceptors (Lipinski definition) is 3. The number of piperidine rings is 1. The highest BCUT2D eigenvalue weighted by Crippen LogP contribution is 2.23. The number of halogens is 2. The molecular weight excluding hydrogens is 363 g/mol. The average Bonchev–Trinajstić information content (AvgIpc) is 2.62. The Morgan fingerprint density at radius 3 is 2.77 bits per heavy atom. The van der Waals surface area contributed by atoms with Crippen LogP contribution in [0.25, 0.3) is 0 Å². The maximum Gasteiger partial charge on any atom is 0.330 e. The summed E-state index contributed by atoms with van der Waals surface area (Å²) in [6.07, 6.45) is 2.41. The summed E-state index contributed by atoms with van der Waals surface area (Å²) in [6.45, 7) is 2.79. The second-order valence-electron chi connectivity index (χ2n) is 6.38. The van der Waals surface area contributed by atoms with Crippen molar-refractivity contribution in [2.24, 2.45) is 5.92 Å². The van der Waals surface area contributed by atoms with Gasteiger partial charge in [0.15, 0.2) is 6.04 Å². The number of likely N-dealkylation sites (tertiary alicyclic amines) is 1. The van der Waals surface area contributed by atoms with Crippen LogP contribution in [0.3, 0.4) is 0 Å². The first-order valence-corrected chi connectivity index (χ1v) is 8.97. The first-order chi connectivity index (χ1) is 12.3. The van der Waals surface area contributed by atoms with Gasteiger partial charge in [-0.15, -0.1) is 0 Å². The Hall–Kier alpha value is -2.15. The number of aliphatic carboxylic acids is 1. The Labute approximate surface area is 156 Å². The molecule has 1 saturated heterocycles. The molecule has 1 aliphatic rings. The van der Waals surface area contributed by atoms with Gasteiger partial charge >= 0.3 is 5.97 Å². The Balaban J connectivity index is 2.08. The normalized spacial score (nSPS) is 18.3. The molecule has 1 aromatic rings. The predicted molar refractivity (Wildman–Crippen MR) is 94.1 cm³/mol. The van der Waals surface area contributed by atoms with Crippen molar-refractivity contribution in [1.82, 2.24) is 10.2 Å². The Kier molecular flexibility index (Phi) is 6.97. The topological polar surface area (TPSA) is 86.7 Å². The molecule has 0 bridgehead atoms. The fourth-order valence-corrected chi connectivity index (χ4v) is 3.15. The van der Waals surface area contributed by atoms with Crippen molar-refractivity contribution >= 4 is 29.4 Å². The van der Waals surface area contributed by atoms with Crippen LogP contribution in [-0.2, 0) is 14.4 Å². The van der Waals surface area contributed by atoms with Gasteiger partial charge in [-0.2, -0.15) is 0 Å². The fraction of sp³-hybridized carbons (Fsp3) is 0.500. The van der Waals surface area contributed by atoms with Crippen molar-refractivity contribution in [1.29, 1.82) is 0 Å². The van der Waals surface area contributed by atoms with Crippen LogP contribution in [0.1, 0.15) is 44.2 Å². The van der Waals surface area contributed by atoms with Crippen molar-refractivity contribution in [2.75, 3.05) is 13.1 Å². The van der Waals surface area contributed by atoms with Crippen LogP contribution in [0.5, 0.6) is 0 Å². The lowest BCUT2D eigenvalue weighted by Crippen LogP contribution is -2.47. The lowest BCUT2D eigenvalue weighted by Gasteiger charge is -2.32. The molecule has 0 saturated carbocycles. The predicted octanol–water partition coefficient (Wildman–Crippen LogP) is 2.76. The number of amides is 2. The molecule has 142 valence electrons. The summed E-state index contributed by atoms with van der Waals surface area (Å²) < 4.78 is 13.6. The van der Waals surface area contributed by atoms with E-state index >= 15 is 0 Å². The number of nitrogens with zero attached hydrogens (tertiary/aromatic N) is 1. The number of carboxylic acid groups (broad SMARTS) is 1. The van der Waals surface area contributed by atoms with Crippen LogP contribution in [0.15, 0.2) is 18.2 Å². The van der Waals surface area contributed by atoms with Crippen LogP contribution in [0.4, 0.5) is 4.39 Å². The largest absolute Gasteiger partial charge is 0.479 e. The van der Waals surface area contributed by atoms with Crippen molar-refractivity contribution < 1.29 is 23.9 Å². The Morgan fingerprint density at radius 1 is 1.42 bits per heavy atom. The first kappa shape index (κ1) is 20.2. The van der Waals surface area contributed by atoms with Gasteiger partial charge in [0.05, 0.1) is 10.9 Å². The van der Waals surface area contributed by atoms with Gasteiger partial charge in [-0.25, -0.2) is 9.18 Å². The van der Waals surface area contributed by atoms with E-state index in [4.69, 9.17) is 11.6 Å². The maximum absolute atomic E-state index is 13.6. The molecule has 6 nitrogen and oxygen atoms in total. The molecule has 26 heavy (non-hydrogen) atoms. The first-order valence-electron chi connectivity index (χ1n) is 8.59. The summed E-state index contributed by atoms with van der Waals surface area (Å²) in [6, 6.07) is 2.23. The standard InChI is InChI=1S/C18H22ClFN2O4/c1-2-4-15(23)22-8-3-5-12(10-22)17(24)21-16(18(25)26)11-6-7-13(19)14(20)9-11/h6-7,9,12,16H,2-5,8,10H2,1H3,(H,21,24)(H,25,26). The van der Waals surface area contributed by atoms with Gasteiger partial charge in [-0.1, -0.05) is 24.6 Å². The Morgan fingerprint density at radius 2 is 2.15 bits per heavy atom. The number of carboxylic acids is 1. The van der Waals surface area contributed by atoms with Gasteiger partial charge in [0.25, 0.3) is 0 Å². The molecule has 0 aliphatic carbocycles. The second kappa shape index (κ2) is 8.98. The van der Waals surface area contributed by atoms with Gasteiger partial charge in [0.1, 0.15) is 5.82 Å². The highest BCUT2D eigenvalue weighted by atomic mass is 35.5. The molecule has 8 heteroatoms. The summed E-state index contributed by atoms with van der Waals surface area (Å²) in [5, 5.41) is 11.7. The van der Waals surface area contributed by atoms with Crippen LogP contribution in [0, 0.1) is 11.7 Å². The summed E-state index contributed by atoms with van der Waals surface area (Å²) in [5.74, 6) is -2.99. The van der Waals surface area contributed by atoms with E-state index in [1.807, 2.05) is 6.92 Å². The van der Waals surface area contributed by atoms with Crippen molar-refractivity contribution in [3.8, 4) is 0 Å². The molecule has 2 amide bonds. The summed E-state index contributed by atoms with van der Waals surface area (Å²) in [4.78, 5) is 37.8. The maximum atomic E-state index is 13.6. The van der Waals surface area contributed by atoms with E-state index in [2.05, 4.69) is 5.32 Å². The molecule has 1 heterocycles. The third-order valence-corrected chi connectivity index (χ3v) is 4.73. The van der Waals surface area contributed by atoms with Crippen LogP contribution in [-0.4, -0.2) is 40.9 Å². The van der Waals surface area contributed by atoms with Gasteiger partial charge < -0.3 is 15.3 Å². The van der Waals surface area contributed by atoms with Gasteiger partial charge in [0, 0.05) is 19.5 Å². The molecule has 0 aromatic heterocycles. The lowest BCUT2D eigenvalue weighted by molar-refractivity contribution is -0.144.